The maximum Gasteiger partial charge on any atom is 0.259 e. The molecule has 136 valence electrons. The van der Waals surface area contributed by atoms with Crippen LogP contribution in [0.25, 0.3) is 0 Å². The molecule has 6 heteroatoms. The van der Waals surface area contributed by atoms with Crippen molar-refractivity contribution in [2.45, 2.75) is 19.3 Å². The molecule has 1 aromatic carbocycles. The minimum absolute atomic E-state index is 0.0571. The van der Waals surface area contributed by atoms with Crippen LogP contribution in [0.5, 0.6) is 0 Å². The van der Waals surface area contributed by atoms with E-state index in [1.54, 1.807) is 40.8 Å². The first-order chi connectivity index (χ1) is 13.2. The van der Waals surface area contributed by atoms with E-state index in [9.17, 15) is 9.59 Å². The van der Waals surface area contributed by atoms with Crippen molar-refractivity contribution in [3.8, 4) is 0 Å². The molecule has 1 aliphatic rings. The summed E-state index contributed by atoms with van der Waals surface area (Å²) in [5.74, 6) is -0.121. The van der Waals surface area contributed by atoms with E-state index in [-0.39, 0.29) is 11.8 Å². The van der Waals surface area contributed by atoms with E-state index in [4.69, 9.17) is 0 Å². The number of carbonyl (C=O) groups excluding carboxylic acids is 2. The topological polar surface area (TPSA) is 62.3 Å². The second-order valence-electron chi connectivity index (χ2n) is 6.45. The number of rotatable bonds is 4. The molecule has 3 heterocycles. The fourth-order valence-corrected chi connectivity index (χ4v) is 3.99. The molecule has 1 N–H and O–H groups in total. The number of thiophene rings is 1. The Kier molecular flexibility index (Phi) is 4.98. The summed E-state index contributed by atoms with van der Waals surface area (Å²) >= 11 is 1.57. The average Bonchev–Trinajstić information content (AvgIpc) is 3.20. The molecule has 0 fully saturated rings. The predicted octanol–water partition coefficient (Wildman–Crippen LogP) is 3.92. The van der Waals surface area contributed by atoms with Crippen molar-refractivity contribution in [1.82, 2.24) is 4.98 Å². The highest BCUT2D eigenvalue weighted by Crippen LogP contribution is 2.31. The van der Waals surface area contributed by atoms with Crippen molar-refractivity contribution >= 4 is 34.5 Å². The standard InChI is InChI=1S/C21H19N3O2S/c25-20(13-18-6-3-11-27-18)23-17-8-7-15-5-2-10-24(19(15)12-17)21(26)16-4-1-9-22-14-16/h1,3-4,6-9,11-12,14H,2,5,10,13H2,(H,23,25). The zero-order valence-electron chi connectivity index (χ0n) is 14.7. The van der Waals surface area contributed by atoms with Crippen LogP contribution in [0.4, 0.5) is 11.4 Å². The molecule has 4 rings (SSSR count). The van der Waals surface area contributed by atoms with Crippen LogP contribution in [0.3, 0.4) is 0 Å². The van der Waals surface area contributed by atoms with Crippen LogP contribution in [0.1, 0.15) is 27.2 Å². The van der Waals surface area contributed by atoms with E-state index < -0.39 is 0 Å². The molecule has 27 heavy (non-hydrogen) atoms. The molecule has 3 aromatic rings. The summed E-state index contributed by atoms with van der Waals surface area (Å²) in [6.45, 7) is 0.660. The summed E-state index contributed by atoms with van der Waals surface area (Å²) in [6.07, 6.45) is 5.44. The van der Waals surface area contributed by atoms with Gasteiger partial charge in [0.15, 0.2) is 0 Å². The summed E-state index contributed by atoms with van der Waals surface area (Å²) in [7, 11) is 0. The molecule has 1 aliphatic heterocycles. The van der Waals surface area contributed by atoms with Gasteiger partial charge >= 0.3 is 0 Å². The number of fused-ring (bicyclic) bond motifs is 1. The molecule has 0 saturated heterocycles. The fourth-order valence-electron chi connectivity index (χ4n) is 3.28. The van der Waals surface area contributed by atoms with E-state index in [0.29, 0.717) is 24.2 Å². The number of anilines is 2. The first kappa shape index (κ1) is 17.4. The second-order valence-corrected chi connectivity index (χ2v) is 7.48. The maximum absolute atomic E-state index is 12.9. The first-order valence-corrected chi connectivity index (χ1v) is 9.76. The van der Waals surface area contributed by atoms with Crippen molar-refractivity contribution in [2.24, 2.45) is 0 Å². The molecule has 0 saturated carbocycles. The van der Waals surface area contributed by atoms with Crippen LogP contribution in [0.2, 0.25) is 0 Å². The Morgan fingerprint density at radius 3 is 2.89 bits per heavy atom. The highest BCUT2D eigenvalue weighted by Gasteiger charge is 2.24. The zero-order valence-corrected chi connectivity index (χ0v) is 15.5. The summed E-state index contributed by atoms with van der Waals surface area (Å²) in [5.41, 5.74) is 3.26. The van der Waals surface area contributed by atoms with Crippen LogP contribution in [0, 0.1) is 0 Å². The Morgan fingerprint density at radius 2 is 2.11 bits per heavy atom. The minimum atomic E-state index is -0.0638. The quantitative estimate of drug-likeness (QED) is 0.750. The Bertz CT molecular complexity index is 955. The van der Waals surface area contributed by atoms with Gasteiger partial charge in [-0.15, -0.1) is 11.3 Å². The summed E-state index contributed by atoms with van der Waals surface area (Å²) in [6, 6.07) is 13.2. The normalized spacial score (nSPS) is 13.1. The first-order valence-electron chi connectivity index (χ1n) is 8.88. The number of nitrogens with zero attached hydrogens (tertiary/aromatic N) is 2. The number of aromatic nitrogens is 1. The molecule has 5 nitrogen and oxygen atoms in total. The monoisotopic (exact) mass is 377 g/mol. The molecule has 2 aromatic heterocycles. The number of carbonyl (C=O) groups is 2. The fraction of sp³-hybridized carbons (Fsp3) is 0.190. The third-order valence-electron chi connectivity index (χ3n) is 4.56. The van der Waals surface area contributed by atoms with Crippen molar-refractivity contribution in [3.63, 3.8) is 0 Å². The molecule has 0 bridgehead atoms. The van der Waals surface area contributed by atoms with E-state index >= 15 is 0 Å². The van der Waals surface area contributed by atoms with Gasteiger partial charge in [-0.1, -0.05) is 12.1 Å². The van der Waals surface area contributed by atoms with Crippen LogP contribution in [-0.2, 0) is 17.6 Å². The second kappa shape index (κ2) is 7.72. The smallest absolute Gasteiger partial charge is 0.259 e. The number of aryl methyl sites for hydroxylation is 1. The van der Waals surface area contributed by atoms with Gasteiger partial charge in [-0.25, -0.2) is 0 Å². The summed E-state index contributed by atoms with van der Waals surface area (Å²) < 4.78 is 0. The van der Waals surface area contributed by atoms with Crippen molar-refractivity contribution < 1.29 is 9.59 Å². The lowest BCUT2D eigenvalue weighted by atomic mass is 10.00. The van der Waals surface area contributed by atoms with Gasteiger partial charge in [0, 0.05) is 35.2 Å². The largest absolute Gasteiger partial charge is 0.326 e. The third-order valence-corrected chi connectivity index (χ3v) is 5.43. The summed E-state index contributed by atoms with van der Waals surface area (Å²) in [4.78, 5) is 32.1. The lowest BCUT2D eigenvalue weighted by Gasteiger charge is -2.30. The Hall–Kier alpha value is -2.99. The lowest BCUT2D eigenvalue weighted by Crippen LogP contribution is -2.35. The van der Waals surface area contributed by atoms with Gasteiger partial charge in [0.05, 0.1) is 12.0 Å². The highest BCUT2D eigenvalue weighted by atomic mass is 32.1. The van der Waals surface area contributed by atoms with Gasteiger partial charge in [-0.05, 0) is 54.1 Å². The number of amides is 2. The minimum Gasteiger partial charge on any atom is -0.326 e. The number of pyridine rings is 1. The molecule has 0 spiro atoms. The van der Waals surface area contributed by atoms with Crippen molar-refractivity contribution in [3.05, 3.63) is 76.2 Å². The Balaban J connectivity index is 1.56. The molecular weight excluding hydrogens is 358 g/mol. The highest BCUT2D eigenvalue weighted by molar-refractivity contribution is 7.10. The van der Waals surface area contributed by atoms with Crippen LogP contribution in [0.15, 0.2) is 60.2 Å². The van der Waals surface area contributed by atoms with Gasteiger partial charge in [-0.2, -0.15) is 0 Å². The van der Waals surface area contributed by atoms with E-state index in [2.05, 4.69) is 10.3 Å². The van der Waals surface area contributed by atoms with Crippen molar-refractivity contribution in [1.29, 1.82) is 0 Å². The van der Waals surface area contributed by atoms with Crippen LogP contribution >= 0.6 is 11.3 Å². The molecule has 2 amide bonds. The molecule has 0 radical (unpaired) electrons. The van der Waals surface area contributed by atoms with E-state index in [0.717, 1.165) is 29.0 Å². The van der Waals surface area contributed by atoms with Gasteiger partial charge in [0.1, 0.15) is 0 Å². The SMILES string of the molecule is O=C(Cc1cccs1)Nc1ccc2c(c1)N(C(=O)c1cccnc1)CCC2. The molecule has 0 unspecified atom stereocenters. The molecular formula is C21H19N3O2S. The number of hydrogen-bond donors (Lipinski definition) is 1. The zero-order chi connectivity index (χ0) is 18.6. The number of nitrogens with one attached hydrogen (secondary N) is 1. The van der Waals surface area contributed by atoms with Crippen LogP contribution < -0.4 is 10.2 Å². The van der Waals surface area contributed by atoms with E-state index in [1.807, 2.05) is 35.7 Å². The number of hydrogen-bond acceptors (Lipinski definition) is 4. The number of benzene rings is 1. The molecule has 0 atom stereocenters. The maximum atomic E-state index is 12.9. The third kappa shape index (κ3) is 3.90. The predicted molar refractivity (Wildman–Crippen MR) is 107 cm³/mol. The average molecular weight is 377 g/mol. The Morgan fingerprint density at radius 1 is 1.19 bits per heavy atom. The van der Waals surface area contributed by atoms with Gasteiger partial charge in [-0.3, -0.25) is 14.6 Å². The summed E-state index contributed by atoms with van der Waals surface area (Å²) in [5, 5.41) is 4.91. The van der Waals surface area contributed by atoms with Gasteiger partial charge < -0.3 is 10.2 Å². The molecule has 0 aliphatic carbocycles. The Labute approximate surface area is 161 Å². The van der Waals surface area contributed by atoms with E-state index in [1.165, 1.54) is 0 Å². The van der Waals surface area contributed by atoms with Gasteiger partial charge in [0.2, 0.25) is 5.91 Å². The van der Waals surface area contributed by atoms with Crippen LogP contribution in [-0.4, -0.2) is 23.3 Å². The lowest BCUT2D eigenvalue weighted by molar-refractivity contribution is -0.115. The van der Waals surface area contributed by atoms with Gasteiger partial charge in [0.25, 0.3) is 5.91 Å². The van der Waals surface area contributed by atoms with Crippen molar-refractivity contribution in [2.75, 3.05) is 16.8 Å².